The monoisotopic (exact) mass is 1230 g/mol. The van der Waals surface area contributed by atoms with Crippen LogP contribution in [-0.4, -0.2) is 97.3 Å². The number of aromatic nitrogens is 3. The van der Waals surface area contributed by atoms with Crippen LogP contribution in [0.3, 0.4) is 0 Å². The number of nitrogens with one attached hydrogen (secondary N) is 1. The standard InChI is InChI=1S/C44H44Br2N8O10S2.2O3S/c1-3-16-63-39-24-36(53-51-32-12-10-29(27-55)11-13-32)34(45)19-30(39)21-42-48-43(50-44(49-42)47-26-28-8-5-4-6-9-28)22-31-20-35(46)37(25-40(31)64-17-7-18-65(56,57)58)54-52-33-14-15-38(62-2)41(23-33)66(59,60)61;2*1-4(2)3/h4-6,8-15,19-20,23-25,55H,3,7,16-18,21-22,26-27H2,1-2H3,(H,56,57,58)(H,59,60,61)(H,47,48,49,50);;. The van der Waals surface area contributed by atoms with E-state index in [0.717, 1.165) is 29.2 Å². The van der Waals surface area contributed by atoms with Crippen molar-refractivity contribution in [3.8, 4) is 17.2 Å². The number of methoxy groups -OCH3 is 1. The second kappa shape index (κ2) is 29.4. The van der Waals surface area contributed by atoms with Crippen LogP contribution in [-0.2, 0) is 67.4 Å². The van der Waals surface area contributed by atoms with Crippen molar-refractivity contribution in [2.45, 2.75) is 50.7 Å². The number of aliphatic hydroxyl groups is 1. The Labute approximate surface area is 444 Å². The van der Waals surface area contributed by atoms with Crippen LogP contribution < -0.4 is 19.5 Å². The van der Waals surface area contributed by atoms with Gasteiger partial charge < -0.3 is 24.6 Å². The quantitative estimate of drug-likeness (QED) is 0.0282. The van der Waals surface area contributed by atoms with E-state index in [4.69, 9.17) is 54.4 Å². The molecule has 5 aromatic carbocycles. The molecular formula is C44H44Br2N8O16S4. The summed E-state index contributed by atoms with van der Waals surface area (Å²) in [6, 6.07) is 27.6. The van der Waals surface area contributed by atoms with Gasteiger partial charge in [0.2, 0.25) is 5.95 Å². The summed E-state index contributed by atoms with van der Waals surface area (Å²) in [5, 5.41) is 30.0. The van der Waals surface area contributed by atoms with E-state index in [1.54, 1.807) is 42.5 Å². The zero-order valence-corrected chi connectivity index (χ0v) is 45.2. The highest BCUT2D eigenvalue weighted by atomic mass is 79.9. The fourth-order valence-electron chi connectivity index (χ4n) is 6.15. The first-order chi connectivity index (χ1) is 35.1. The van der Waals surface area contributed by atoms with E-state index in [0.29, 0.717) is 62.4 Å². The van der Waals surface area contributed by atoms with Crippen molar-refractivity contribution >= 4 is 102 Å². The second-order valence-electron chi connectivity index (χ2n) is 14.8. The minimum absolute atomic E-state index is 0.0329. The van der Waals surface area contributed by atoms with Crippen LogP contribution in [0.1, 0.15) is 53.7 Å². The fourth-order valence-corrected chi connectivity index (χ4v) is 8.24. The molecule has 6 rings (SSSR count). The van der Waals surface area contributed by atoms with Gasteiger partial charge in [-0.3, -0.25) is 9.11 Å². The van der Waals surface area contributed by atoms with E-state index in [-0.39, 0.29) is 55.4 Å². The molecule has 0 radical (unpaired) electrons. The largest absolute Gasteiger partial charge is 0.495 e. The zero-order valence-electron chi connectivity index (χ0n) is 38.8. The molecular weight excluding hydrogens is 1180 g/mol. The summed E-state index contributed by atoms with van der Waals surface area (Å²) in [5.41, 5.74) is 4.55. The number of hydrogen-bond donors (Lipinski definition) is 4. The molecule has 0 unspecified atom stereocenters. The third-order valence-electron chi connectivity index (χ3n) is 9.33. The summed E-state index contributed by atoms with van der Waals surface area (Å²) in [5.74, 6) is 1.27. The van der Waals surface area contributed by atoms with Crippen LogP contribution in [0.15, 0.2) is 131 Å². The van der Waals surface area contributed by atoms with Crippen molar-refractivity contribution < 1.29 is 70.5 Å². The Morgan fingerprint density at radius 2 is 1.15 bits per heavy atom. The SMILES string of the molecule is CCCOc1cc(N=Nc2ccc(CO)cc2)c(Br)cc1Cc1nc(Cc2cc(Br)c(N=Nc3ccc(OC)c(S(=O)(=O)O)c3)cc2OCCCS(=O)(=O)O)nc(NCc2ccccc2)n1.O=S(=O)=O.O=S(=O)=O. The van der Waals surface area contributed by atoms with Gasteiger partial charge in [-0.05, 0) is 98.3 Å². The van der Waals surface area contributed by atoms with Gasteiger partial charge in [0.05, 0.1) is 44.1 Å². The number of aliphatic hydroxyl groups excluding tert-OH is 1. The van der Waals surface area contributed by atoms with Crippen LogP contribution in [0, 0.1) is 0 Å². The van der Waals surface area contributed by atoms with E-state index >= 15 is 0 Å². The highest BCUT2D eigenvalue weighted by molar-refractivity contribution is 9.11. The van der Waals surface area contributed by atoms with Crippen molar-refractivity contribution in [3.05, 3.63) is 140 Å². The molecule has 0 amide bonds. The van der Waals surface area contributed by atoms with Crippen molar-refractivity contribution in [1.29, 1.82) is 0 Å². The molecule has 0 aliphatic carbocycles. The molecule has 1 aromatic heterocycles. The highest BCUT2D eigenvalue weighted by Gasteiger charge is 2.20. The molecule has 0 bridgehead atoms. The first-order valence-corrected chi connectivity index (χ1v) is 27.8. The topological polar surface area (TPSA) is 359 Å². The lowest BCUT2D eigenvalue weighted by molar-refractivity contribution is 0.282. The van der Waals surface area contributed by atoms with E-state index in [1.807, 2.05) is 43.3 Å². The third-order valence-corrected chi connectivity index (χ3v) is 12.3. The van der Waals surface area contributed by atoms with Gasteiger partial charge >= 0.3 is 21.2 Å². The predicted octanol–water partition coefficient (Wildman–Crippen LogP) is 8.21. The lowest BCUT2D eigenvalue weighted by Gasteiger charge is -2.15. The van der Waals surface area contributed by atoms with Gasteiger partial charge in [-0.2, -0.15) is 37.0 Å². The normalized spacial score (nSPS) is 11.3. The molecule has 0 spiro atoms. The van der Waals surface area contributed by atoms with Crippen LogP contribution in [0.2, 0.25) is 0 Å². The molecule has 0 atom stereocenters. The van der Waals surface area contributed by atoms with E-state index < -0.39 is 52.1 Å². The summed E-state index contributed by atoms with van der Waals surface area (Å²) >= 11 is 7.21. The molecule has 4 N–H and O–H groups in total. The first-order valence-electron chi connectivity index (χ1n) is 21.2. The van der Waals surface area contributed by atoms with Crippen LogP contribution >= 0.6 is 31.9 Å². The van der Waals surface area contributed by atoms with Crippen LogP contribution in [0.5, 0.6) is 17.2 Å². The van der Waals surface area contributed by atoms with Gasteiger partial charge in [0.25, 0.3) is 20.2 Å². The van der Waals surface area contributed by atoms with Crippen LogP contribution in [0.4, 0.5) is 28.7 Å². The van der Waals surface area contributed by atoms with Crippen molar-refractivity contribution in [1.82, 2.24) is 15.0 Å². The Balaban J connectivity index is 0.00000138. The average Bonchev–Trinajstić information content (AvgIpc) is 3.33. The van der Waals surface area contributed by atoms with Gasteiger partial charge in [-0.1, -0.05) is 49.4 Å². The number of azo groups is 2. The molecule has 30 heteroatoms. The molecule has 0 fully saturated rings. The number of ether oxygens (including phenoxy) is 3. The fraction of sp³-hybridized carbons (Fsp3) is 0.250. The summed E-state index contributed by atoms with van der Waals surface area (Å²) in [6.45, 7) is 2.67. The predicted molar refractivity (Wildman–Crippen MR) is 273 cm³/mol. The molecule has 74 heavy (non-hydrogen) atoms. The second-order valence-corrected chi connectivity index (χ2v) is 20.3. The smallest absolute Gasteiger partial charge is 0.425 e. The van der Waals surface area contributed by atoms with Crippen LogP contribution in [0.25, 0.3) is 0 Å². The number of anilines is 1. The molecule has 394 valence electrons. The maximum absolute atomic E-state index is 12.0. The minimum Gasteiger partial charge on any atom is -0.495 e. The van der Waals surface area contributed by atoms with Gasteiger partial charge in [-0.25, -0.2) is 4.98 Å². The minimum atomic E-state index is -4.65. The molecule has 0 aliphatic rings. The molecule has 24 nitrogen and oxygen atoms in total. The first kappa shape index (κ1) is 60.0. The number of halogens is 2. The zero-order chi connectivity index (χ0) is 54.4. The van der Waals surface area contributed by atoms with E-state index in [1.165, 1.54) is 19.2 Å². The Bertz CT molecular complexity index is 3380. The van der Waals surface area contributed by atoms with Gasteiger partial charge in [0, 0.05) is 51.6 Å². The van der Waals surface area contributed by atoms with Crippen molar-refractivity contribution in [2.24, 2.45) is 20.5 Å². The Morgan fingerprint density at radius 1 is 0.635 bits per heavy atom. The number of nitrogens with zero attached hydrogens (tertiary/aromatic N) is 7. The maximum atomic E-state index is 12.0. The third kappa shape index (κ3) is 21.1. The molecule has 0 aliphatic heterocycles. The lowest BCUT2D eigenvalue weighted by Crippen LogP contribution is -2.12. The average molecular weight is 1230 g/mol. The lowest BCUT2D eigenvalue weighted by atomic mass is 10.1. The Morgan fingerprint density at radius 3 is 1.64 bits per heavy atom. The van der Waals surface area contributed by atoms with E-state index in [9.17, 15) is 31.0 Å². The number of hydrogen-bond acceptors (Lipinski definition) is 22. The van der Waals surface area contributed by atoms with Gasteiger partial charge in [0.15, 0.2) is 0 Å². The summed E-state index contributed by atoms with van der Waals surface area (Å²) < 4.78 is 135. The van der Waals surface area contributed by atoms with Gasteiger partial charge in [0.1, 0.15) is 45.2 Å². The molecule has 0 saturated carbocycles. The Kier molecular flexibility index (Phi) is 23.9. The number of benzene rings is 5. The maximum Gasteiger partial charge on any atom is 0.425 e. The highest BCUT2D eigenvalue weighted by Crippen LogP contribution is 2.38. The molecule has 6 aromatic rings. The summed E-state index contributed by atoms with van der Waals surface area (Å²) in [4.78, 5) is 14.0. The van der Waals surface area contributed by atoms with E-state index in [2.05, 4.69) is 57.6 Å². The summed E-state index contributed by atoms with van der Waals surface area (Å²) in [6.07, 6.45) is 1.03. The molecule has 1 heterocycles. The molecule has 0 saturated heterocycles. The van der Waals surface area contributed by atoms with Crippen molar-refractivity contribution in [2.75, 3.05) is 31.4 Å². The summed E-state index contributed by atoms with van der Waals surface area (Å²) in [7, 11) is -13.9. The van der Waals surface area contributed by atoms with Crippen molar-refractivity contribution in [3.63, 3.8) is 0 Å². The number of rotatable bonds is 22. The Hall–Kier alpha value is -6.51. The van der Waals surface area contributed by atoms with Gasteiger partial charge in [-0.15, -0.1) is 35.5 Å².